The molecule has 0 saturated heterocycles. The van der Waals surface area contributed by atoms with E-state index in [0.717, 1.165) is 17.9 Å². The third-order valence-electron chi connectivity index (χ3n) is 4.28. The van der Waals surface area contributed by atoms with Crippen molar-refractivity contribution in [2.24, 2.45) is 0 Å². The third kappa shape index (κ3) is 2.26. The van der Waals surface area contributed by atoms with Gasteiger partial charge in [-0.1, -0.05) is 26.8 Å². The summed E-state index contributed by atoms with van der Waals surface area (Å²) in [6, 6.07) is 4.64. The molecule has 0 atom stereocenters. The highest BCUT2D eigenvalue weighted by atomic mass is 16.3. The van der Waals surface area contributed by atoms with Crippen LogP contribution in [-0.4, -0.2) is 7.05 Å². The predicted molar refractivity (Wildman–Crippen MR) is 84.4 cm³/mol. The van der Waals surface area contributed by atoms with Crippen molar-refractivity contribution in [3.05, 3.63) is 34.6 Å². The van der Waals surface area contributed by atoms with Crippen LogP contribution in [0.4, 0.5) is 0 Å². The van der Waals surface area contributed by atoms with Gasteiger partial charge < -0.3 is 9.73 Å². The minimum atomic E-state index is 0.181. The van der Waals surface area contributed by atoms with E-state index in [4.69, 9.17) is 4.42 Å². The molecular weight excluding hydrogens is 246 g/mol. The lowest BCUT2D eigenvalue weighted by molar-refractivity contribution is 0.522. The fourth-order valence-electron chi connectivity index (χ4n) is 2.98. The van der Waals surface area contributed by atoms with Crippen LogP contribution in [0.5, 0.6) is 0 Å². The Bertz CT molecular complexity index is 641. The van der Waals surface area contributed by atoms with Crippen molar-refractivity contribution in [2.75, 3.05) is 7.05 Å². The maximum atomic E-state index is 6.18. The molecule has 0 unspecified atom stereocenters. The second-order valence-corrected chi connectivity index (χ2v) is 7.16. The predicted octanol–water partition coefficient (Wildman–Crippen LogP) is 4.64. The standard InChI is InChI=1S/C18H25NO/c1-11-8-13(18(2,3)4)9-14-16(12-6-7-12)15(10-19-5)20-17(11)14/h8-9,12,19H,6-7,10H2,1-5H3. The van der Waals surface area contributed by atoms with E-state index < -0.39 is 0 Å². The van der Waals surface area contributed by atoms with Crippen molar-refractivity contribution in [2.45, 2.75) is 58.4 Å². The fourth-order valence-corrected chi connectivity index (χ4v) is 2.98. The quantitative estimate of drug-likeness (QED) is 0.880. The highest BCUT2D eigenvalue weighted by molar-refractivity contribution is 5.87. The van der Waals surface area contributed by atoms with Crippen molar-refractivity contribution < 1.29 is 4.42 Å². The molecule has 0 radical (unpaired) electrons. The van der Waals surface area contributed by atoms with E-state index in [1.807, 2.05) is 7.05 Å². The molecule has 2 nitrogen and oxygen atoms in total. The summed E-state index contributed by atoms with van der Waals surface area (Å²) in [5, 5.41) is 4.59. The molecular formula is C18H25NO. The Balaban J connectivity index is 2.25. The Morgan fingerprint density at radius 2 is 1.95 bits per heavy atom. The summed E-state index contributed by atoms with van der Waals surface area (Å²) in [5.74, 6) is 1.85. The SMILES string of the molecule is CNCc1oc2c(C)cc(C(C)(C)C)cc2c1C1CC1. The lowest BCUT2D eigenvalue weighted by atomic mass is 9.85. The van der Waals surface area contributed by atoms with Crippen molar-refractivity contribution in [3.8, 4) is 0 Å². The molecule has 108 valence electrons. The zero-order chi connectivity index (χ0) is 14.5. The molecule has 1 heterocycles. The fraction of sp³-hybridized carbons (Fsp3) is 0.556. The number of rotatable bonds is 3. The second-order valence-electron chi connectivity index (χ2n) is 7.16. The molecule has 1 aromatic heterocycles. The zero-order valence-electron chi connectivity index (χ0n) is 13.3. The van der Waals surface area contributed by atoms with Crippen molar-refractivity contribution >= 4 is 11.0 Å². The lowest BCUT2D eigenvalue weighted by Crippen LogP contribution is -2.11. The summed E-state index contributed by atoms with van der Waals surface area (Å²) < 4.78 is 6.18. The maximum Gasteiger partial charge on any atom is 0.137 e. The van der Waals surface area contributed by atoms with Gasteiger partial charge in [0.25, 0.3) is 0 Å². The van der Waals surface area contributed by atoms with Crippen LogP contribution in [0.1, 0.15) is 62.0 Å². The van der Waals surface area contributed by atoms with Gasteiger partial charge >= 0.3 is 0 Å². The van der Waals surface area contributed by atoms with Crippen LogP contribution in [0.3, 0.4) is 0 Å². The van der Waals surface area contributed by atoms with Gasteiger partial charge in [-0.3, -0.25) is 0 Å². The highest BCUT2D eigenvalue weighted by Crippen LogP contribution is 2.47. The van der Waals surface area contributed by atoms with Crippen LogP contribution in [-0.2, 0) is 12.0 Å². The van der Waals surface area contributed by atoms with Crippen LogP contribution in [0.15, 0.2) is 16.5 Å². The highest BCUT2D eigenvalue weighted by Gasteiger charge is 2.31. The van der Waals surface area contributed by atoms with Gasteiger partial charge in [0.15, 0.2) is 0 Å². The first-order chi connectivity index (χ1) is 9.41. The van der Waals surface area contributed by atoms with Gasteiger partial charge in [-0.2, -0.15) is 0 Å². The smallest absolute Gasteiger partial charge is 0.137 e. The topological polar surface area (TPSA) is 25.2 Å². The van der Waals surface area contributed by atoms with Gasteiger partial charge in [0, 0.05) is 10.9 Å². The number of aryl methyl sites for hydroxylation is 1. The molecule has 1 fully saturated rings. The summed E-state index contributed by atoms with van der Waals surface area (Å²) in [4.78, 5) is 0. The van der Waals surface area contributed by atoms with E-state index in [2.05, 4.69) is 45.1 Å². The van der Waals surface area contributed by atoms with Crippen LogP contribution < -0.4 is 5.32 Å². The van der Waals surface area contributed by atoms with E-state index in [1.54, 1.807) is 0 Å². The summed E-state index contributed by atoms with van der Waals surface area (Å²) >= 11 is 0. The number of nitrogens with one attached hydrogen (secondary N) is 1. The molecule has 0 spiro atoms. The van der Waals surface area contributed by atoms with E-state index in [0.29, 0.717) is 5.92 Å². The van der Waals surface area contributed by atoms with E-state index in [9.17, 15) is 0 Å². The first kappa shape index (κ1) is 13.7. The molecule has 3 rings (SSSR count). The minimum absolute atomic E-state index is 0.181. The van der Waals surface area contributed by atoms with E-state index >= 15 is 0 Å². The monoisotopic (exact) mass is 271 g/mol. The number of furan rings is 1. The van der Waals surface area contributed by atoms with Gasteiger partial charge in [0.05, 0.1) is 6.54 Å². The van der Waals surface area contributed by atoms with E-state index in [1.165, 1.54) is 34.9 Å². The molecule has 0 aliphatic heterocycles. The summed E-state index contributed by atoms with van der Waals surface area (Å²) in [5.41, 5.74) is 5.40. The van der Waals surface area contributed by atoms with Gasteiger partial charge in [-0.25, -0.2) is 0 Å². The van der Waals surface area contributed by atoms with Gasteiger partial charge in [-0.05, 0) is 55.3 Å². The molecule has 0 amide bonds. The van der Waals surface area contributed by atoms with Crippen LogP contribution in [0.25, 0.3) is 11.0 Å². The molecule has 1 saturated carbocycles. The first-order valence-corrected chi connectivity index (χ1v) is 7.63. The maximum absolute atomic E-state index is 6.18. The molecule has 1 aliphatic carbocycles. The number of hydrogen-bond acceptors (Lipinski definition) is 2. The molecule has 2 heteroatoms. The molecule has 1 aliphatic rings. The number of benzene rings is 1. The Hall–Kier alpha value is -1.28. The Morgan fingerprint density at radius 1 is 1.25 bits per heavy atom. The van der Waals surface area contributed by atoms with Gasteiger partial charge in [-0.15, -0.1) is 0 Å². The molecule has 2 aromatic rings. The van der Waals surface area contributed by atoms with Gasteiger partial charge in [0.1, 0.15) is 11.3 Å². The average molecular weight is 271 g/mol. The molecule has 20 heavy (non-hydrogen) atoms. The minimum Gasteiger partial charge on any atom is -0.459 e. The first-order valence-electron chi connectivity index (χ1n) is 7.63. The molecule has 0 bridgehead atoms. The largest absolute Gasteiger partial charge is 0.459 e. The summed E-state index contributed by atoms with van der Waals surface area (Å²) in [7, 11) is 1.98. The second kappa shape index (κ2) is 4.63. The molecule has 1 N–H and O–H groups in total. The lowest BCUT2D eigenvalue weighted by Gasteiger charge is -2.19. The third-order valence-corrected chi connectivity index (χ3v) is 4.28. The van der Waals surface area contributed by atoms with Crippen LogP contribution in [0.2, 0.25) is 0 Å². The van der Waals surface area contributed by atoms with Crippen molar-refractivity contribution in [3.63, 3.8) is 0 Å². The van der Waals surface area contributed by atoms with Crippen molar-refractivity contribution in [1.29, 1.82) is 0 Å². The Labute approximate surface area is 121 Å². The van der Waals surface area contributed by atoms with E-state index in [-0.39, 0.29) is 5.41 Å². The summed E-state index contributed by atoms with van der Waals surface area (Å²) in [6.45, 7) is 9.82. The number of hydrogen-bond donors (Lipinski definition) is 1. The average Bonchev–Trinajstić information content (AvgIpc) is 3.11. The van der Waals surface area contributed by atoms with Crippen molar-refractivity contribution in [1.82, 2.24) is 5.32 Å². The summed E-state index contributed by atoms with van der Waals surface area (Å²) in [6.07, 6.45) is 2.62. The van der Waals surface area contributed by atoms with Crippen LogP contribution in [0, 0.1) is 6.92 Å². The van der Waals surface area contributed by atoms with Gasteiger partial charge in [0.2, 0.25) is 0 Å². The Kier molecular flexibility index (Phi) is 3.17. The number of fused-ring (bicyclic) bond motifs is 1. The van der Waals surface area contributed by atoms with Crippen LogP contribution >= 0.6 is 0 Å². The normalized spacial score (nSPS) is 16.1. The Morgan fingerprint density at radius 3 is 2.50 bits per heavy atom. The molecule has 1 aromatic carbocycles. The zero-order valence-corrected chi connectivity index (χ0v) is 13.3.